The molecule has 0 amide bonds. The van der Waals surface area contributed by atoms with Crippen molar-refractivity contribution < 1.29 is 39.1 Å². The van der Waals surface area contributed by atoms with Crippen molar-refractivity contribution in [3.05, 3.63) is 11.6 Å². The molecule has 8 heteroatoms. The quantitative estimate of drug-likeness (QED) is 0.445. The summed E-state index contributed by atoms with van der Waals surface area (Å²) in [5.74, 6) is -7.34. The zero-order valence-electron chi connectivity index (χ0n) is 11.9. The summed E-state index contributed by atoms with van der Waals surface area (Å²) in [5, 5.41) is 19.4. The molecule has 120 valence electrons. The highest BCUT2D eigenvalue weighted by Gasteiger charge is 2.75. The van der Waals surface area contributed by atoms with Crippen LogP contribution in [-0.4, -0.2) is 40.0 Å². The van der Waals surface area contributed by atoms with Gasteiger partial charge in [-0.25, -0.2) is 0 Å². The van der Waals surface area contributed by atoms with E-state index in [9.17, 15) is 24.6 Å². The van der Waals surface area contributed by atoms with Gasteiger partial charge in [0.15, 0.2) is 6.29 Å². The zero-order chi connectivity index (χ0) is 16.2. The van der Waals surface area contributed by atoms with Crippen LogP contribution in [0.3, 0.4) is 0 Å². The lowest BCUT2D eigenvalue weighted by molar-refractivity contribution is -0.386. The first-order valence-corrected chi connectivity index (χ1v) is 6.99. The fourth-order valence-electron chi connectivity index (χ4n) is 3.85. The number of hydrogen-bond donors (Lipinski definition) is 2. The van der Waals surface area contributed by atoms with E-state index in [4.69, 9.17) is 14.5 Å². The number of aldehydes is 1. The number of hydrogen-bond acceptors (Lipinski definition) is 6. The van der Waals surface area contributed by atoms with Gasteiger partial charge in [-0.1, -0.05) is 11.6 Å². The molecule has 4 unspecified atom stereocenters. The van der Waals surface area contributed by atoms with Gasteiger partial charge in [-0.05, 0) is 19.8 Å². The second-order valence-electron chi connectivity index (χ2n) is 5.99. The van der Waals surface area contributed by atoms with E-state index < -0.39 is 34.8 Å². The van der Waals surface area contributed by atoms with Crippen molar-refractivity contribution in [2.24, 2.45) is 11.3 Å². The monoisotopic (exact) mass is 312 g/mol. The summed E-state index contributed by atoms with van der Waals surface area (Å²) in [5.41, 5.74) is -1.42. The maximum absolute atomic E-state index is 12.1. The molecule has 2 N–H and O–H groups in total. The number of carboxylic acids is 2. The maximum Gasteiger partial charge on any atom is 0.316 e. The molecule has 2 bridgehead atoms. The number of carbonyl (C=O) groups excluding carboxylic acids is 1. The highest BCUT2D eigenvalue weighted by molar-refractivity contribution is 5.87. The summed E-state index contributed by atoms with van der Waals surface area (Å²) in [6.07, 6.45) is 2.72. The number of carbonyl (C=O) groups is 3. The molecule has 1 aliphatic carbocycles. The lowest BCUT2D eigenvalue weighted by atomic mass is 9.60. The van der Waals surface area contributed by atoms with Crippen LogP contribution < -0.4 is 0 Å². The summed E-state index contributed by atoms with van der Waals surface area (Å²) in [6, 6.07) is 0. The van der Waals surface area contributed by atoms with Crippen LogP contribution in [0.4, 0.5) is 0 Å². The molecule has 0 aromatic heterocycles. The van der Waals surface area contributed by atoms with Crippen LogP contribution in [-0.2, 0) is 28.9 Å². The molecule has 0 spiro atoms. The van der Waals surface area contributed by atoms with Crippen LogP contribution in [0.5, 0.6) is 0 Å². The molecule has 0 aromatic rings. The van der Waals surface area contributed by atoms with E-state index in [2.05, 4.69) is 0 Å². The van der Waals surface area contributed by atoms with E-state index in [1.165, 1.54) is 0 Å². The predicted molar refractivity (Wildman–Crippen MR) is 68.2 cm³/mol. The molecule has 3 rings (SSSR count). The Kier molecular flexibility index (Phi) is 3.17. The van der Waals surface area contributed by atoms with E-state index in [-0.39, 0.29) is 19.3 Å². The smallest absolute Gasteiger partial charge is 0.316 e. The Bertz CT molecular complexity index is 571. The summed E-state index contributed by atoms with van der Waals surface area (Å²) in [6.45, 7) is 1.57. The van der Waals surface area contributed by atoms with Gasteiger partial charge in [-0.2, -0.15) is 9.78 Å². The third-order valence-corrected chi connectivity index (χ3v) is 4.90. The minimum atomic E-state index is -1.85. The molecule has 0 radical (unpaired) electrons. The van der Waals surface area contributed by atoms with Crippen LogP contribution >= 0.6 is 0 Å². The molecule has 22 heavy (non-hydrogen) atoms. The molecule has 3 aliphatic rings. The molecule has 2 fully saturated rings. The summed E-state index contributed by atoms with van der Waals surface area (Å²) in [4.78, 5) is 45.1. The molecule has 2 saturated heterocycles. The topological polar surface area (TPSA) is 119 Å². The van der Waals surface area contributed by atoms with Crippen LogP contribution in [0.25, 0.3) is 0 Å². The normalized spacial score (nSPS) is 43.7. The van der Waals surface area contributed by atoms with Gasteiger partial charge in [0.05, 0.1) is 5.92 Å². The van der Waals surface area contributed by atoms with Crippen molar-refractivity contribution >= 4 is 18.2 Å². The molecule has 2 aliphatic heterocycles. The van der Waals surface area contributed by atoms with Crippen molar-refractivity contribution in [3.63, 3.8) is 0 Å². The fraction of sp³-hybridized carbons (Fsp3) is 0.643. The molecule has 2 heterocycles. The largest absolute Gasteiger partial charge is 0.481 e. The minimum absolute atomic E-state index is 0.0228. The molecule has 4 atom stereocenters. The molecule has 0 aromatic carbocycles. The molecular formula is C14H16O8. The number of rotatable bonds is 4. The van der Waals surface area contributed by atoms with E-state index in [1.54, 1.807) is 13.0 Å². The highest BCUT2D eigenvalue weighted by atomic mass is 17.3. The Hall–Kier alpha value is -1.77. The number of ether oxygens (including phenoxy) is 1. The van der Waals surface area contributed by atoms with Gasteiger partial charge in [0, 0.05) is 12.8 Å². The molecular weight excluding hydrogens is 296 g/mol. The number of allylic oxidation sites excluding steroid dienone is 1. The lowest BCUT2D eigenvalue weighted by Gasteiger charge is -2.45. The van der Waals surface area contributed by atoms with Gasteiger partial charge in [-0.3, -0.25) is 14.4 Å². The summed E-state index contributed by atoms with van der Waals surface area (Å²) >= 11 is 0. The standard InChI is InChI=1S/C14H16O8/c1-8-3-2-4-13(11(18)19,9(8)10(16)17)14-6-5-12(7-15,20-14)21-22-14/h3,7,9H,2,4-6H2,1H3,(H,16,17)(H,18,19). The lowest BCUT2D eigenvalue weighted by Crippen LogP contribution is -2.60. The van der Waals surface area contributed by atoms with Crippen LogP contribution in [0.15, 0.2) is 11.6 Å². The first-order valence-electron chi connectivity index (χ1n) is 6.99. The number of aliphatic carboxylic acids is 2. The Morgan fingerprint density at radius 3 is 2.45 bits per heavy atom. The SMILES string of the molecule is CC1=CCCC(C(=O)O)(C23CCC(C=O)(OO2)O3)C1C(=O)O. The number of carboxylic acid groups (broad SMARTS) is 2. The average molecular weight is 312 g/mol. The molecule has 0 saturated carbocycles. The first kappa shape index (κ1) is 15.1. The maximum atomic E-state index is 12.1. The van der Waals surface area contributed by atoms with Crippen molar-refractivity contribution in [2.45, 2.75) is 44.2 Å². The minimum Gasteiger partial charge on any atom is -0.481 e. The summed E-state index contributed by atoms with van der Waals surface area (Å²) in [7, 11) is 0. The first-order chi connectivity index (χ1) is 10.3. The van der Waals surface area contributed by atoms with Crippen molar-refractivity contribution in [2.75, 3.05) is 0 Å². The van der Waals surface area contributed by atoms with Crippen molar-refractivity contribution in [3.8, 4) is 0 Å². The zero-order valence-corrected chi connectivity index (χ0v) is 11.9. The van der Waals surface area contributed by atoms with Gasteiger partial charge >= 0.3 is 11.9 Å². The Balaban J connectivity index is 2.14. The Labute approximate surface area is 125 Å². The van der Waals surface area contributed by atoms with E-state index in [0.717, 1.165) is 0 Å². The van der Waals surface area contributed by atoms with Gasteiger partial charge < -0.3 is 14.9 Å². The Morgan fingerprint density at radius 2 is 2.00 bits per heavy atom. The fourth-order valence-corrected chi connectivity index (χ4v) is 3.85. The highest BCUT2D eigenvalue weighted by Crippen LogP contribution is 2.61. The Morgan fingerprint density at radius 1 is 1.27 bits per heavy atom. The van der Waals surface area contributed by atoms with E-state index in [0.29, 0.717) is 18.3 Å². The van der Waals surface area contributed by atoms with Gasteiger partial charge in [-0.15, -0.1) is 0 Å². The van der Waals surface area contributed by atoms with Gasteiger partial charge in [0.2, 0.25) is 5.79 Å². The van der Waals surface area contributed by atoms with Gasteiger partial charge in [0.1, 0.15) is 5.41 Å². The van der Waals surface area contributed by atoms with Crippen LogP contribution in [0, 0.1) is 11.3 Å². The second-order valence-corrected chi connectivity index (χ2v) is 5.99. The molecule has 8 nitrogen and oxygen atoms in total. The third-order valence-electron chi connectivity index (χ3n) is 4.90. The van der Waals surface area contributed by atoms with E-state index >= 15 is 0 Å². The van der Waals surface area contributed by atoms with Crippen molar-refractivity contribution in [1.82, 2.24) is 0 Å². The van der Waals surface area contributed by atoms with Crippen molar-refractivity contribution in [1.29, 1.82) is 0 Å². The summed E-state index contributed by atoms with van der Waals surface area (Å²) < 4.78 is 5.55. The second kappa shape index (κ2) is 4.61. The number of fused-ring (bicyclic) bond motifs is 2. The third kappa shape index (κ3) is 1.65. The predicted octanol–water partition coefficient (Wildman–Crippen LogP) is 0.862. The van der Waals surface area contributed by atoms with E-state index in [1.807, 2.05) is 0 Å². The van der Waals surface area contributed by atoms with Crippen LogP contribution in [0.2, 0.25) is 0 Å². The van der Waals surface area contributed by atoms with Gasteiger partial charge in [0.25, 0.3) is 5.79 Å². The van der Waals surface area contributed by atoms with Crippen LogP contribution in [0.1, 0.15) is 32.6 Å². The average Bonchev–Trinajstić information content (AvgIpc) is 3.04.